The first-order valence-electron chi connectivity index (χ1n) is 7.47. The van der Waals surface area contributed by atoms with Crippen molar-refractivity contribution >= 4 is 50.6 Å². The van der Waals surface area contributed by atoms with Gasteiger partial charge in [0.15, 0.2) is 9.84 Å². The average molecular weight is 413 g/mol. The number of carbonyl (C=O) groups is 3. The van der Waals surface area contributed by atoms with Crippen molar-refractivity contribution in [2.75, 3.05) is 12.3 Å². The summed E-state index contributed by atoms with van der Waals surface area (Å²) in [7, 11) is -3.73. The average Bonchev–Trinajstić information content (AvgIpc) is 3.18. The smallest absolute Gasteiger partial charge is 0.263 e. The molecule has 1 fully saturated rings. The van der Waals surface area contributed by atoms with E-state index in [1.165, 1.54) is 35.6 Å². The molecule has 0 saturated carbocycles. The lowest BCUT2D eigenvalue weighted by atomic mass is 10.4. The van der Waals surface area contributed by atoms with E-state index in [0.717, 1.165) is 9.78 Å². The monoisotopic (exact) mass is 412 g/mol. The van der Waals surface area contributed by atoms with Crippen molar-refractivity contribution in [3.63, 3.8) is 0 Å². The first kappa shape index (κ1) is 18.6. The highest BCUT2D eigenvalue weighted by atomic mass is 35.5. The number of imide groups is 2. The third-order valence-corrected chi connectivity index (χ3v) is 6.61. The maximum Gasteiger partial charge on any atom is 0.334 e. The number of urea groups is 1. The molecule has 0 radical (unpaired) electrons. The Labute approximate surface area is 158 Å². The summed E-state index contributed by atoms with van der Waals surface area (Å²) in [6.07, 6.45) is 0. The third-order valence-electron chi connectivity index (χ3n) is 3.79. The van der Waals surface area contributed by atoms with E-state index in [-0.39, 0.29) is 11.4 Å². The maximum atomic E-state index is 12.4. The van der Waals surface area contributed by atoms with Gasteiger partial charge in [0, 0.05) is 16.4 Å². The highest BCUT2D eigenvalue weighted by Crippen LogP contribution is 2.20. The molecular weight excluding hydrogens is 400 g/mol. The molecule has 2 heterocycles. The molecule has 10 heteroatoms. The van der Waals surface area contributed by atoms with Gasteiger partial charge in [0.1, 0.15) is 0 Å². The van der Waals surface area contributed by atoms with Crippen molar-refractivity contribution in [2.24, 2.45) is 0 Å². The van der Waals surface area contributed by atoms with Gasteiger partial charge in [-0.25, -0.2) is 13.2 Å². The van der Waals surface area contributed by atoms with Gasteiger partial charge < -0.3 is 0 Å². The normalized spacial score (nSPS) is 15.2. The molecule has 4 amide bonds. The van der Waals surface area contributed by atoms with Crippen LogP contribution in [0.15, 0.2) is 46.7 Å². The van der Waals surface area contributed by atoms with Gasteiger partial charge in [-0.2, -0.15) is 0 Å². The first-order valence-corrected chi connectivity index (χ1v) is 10.4. The predicted molar refractivity (Wildman–Crippen MR) is 95.5 cm³/mol. The zero-order valence-corrected chi connectivity index (χ0v) is 15.7. The molecule has 1 aliphatic heterocycles. The van der Waals surface area contributed by atoms with Crippen molar-refractivity contribution in [1.29, 1.82) is 0 Å². The zero-order valence-electron chi connectivity index (χ0n) is 13.3. The highest BCUT2D eigenvalue weighted by molar-refractivity contribution is 7.91. The number of hydrogen-bond acceptors (Lipinski definition) is 6. The van der Waals surface area contributed by atoms with E-state index in [0.29, 0.717) is 9.92 Å². The minimum absolute atomic E-state index is 0.0124. The van der Waals surface area contributed by atoms with E-state index in [1.54, 1.807) is 17.5 Å². The van der Waals surface area contributed by atoms with Gasteiger partial charge in [-0.05, 0) is 35.7 Å². The van der Waals surface area contributed by atoms with E-state index < -0.39 is 40.0 Å². The summed E-state index contributed by atoms with van der Waals surface area (Å²) in [6, 6.07) is 8.27. The van der Waals surface area contributed by atoms with E-state index in [2.05, 4.69) is 0 Å². The molecule has 1 aromatic heterocycles. The molecule has 1 aliphatic rings. The topological polar surface area (TPSA) is 91.8 Å². The molecule has 136 valence electrons. The quantitative estimate of drug-likeness (QED) is 0.535. The van der Waals surface area contributed by atoms with Crippen LogP contribution < -0.4 is 0 Å². The molecule has 0 aliphatic carbocycles. The molecule has 0 bridgehead atoms. The summed E-state index contributed by atoms with van der Waals surface area (Å²) in [6.45, 7) is -0.406. The highest BCUT2D eigenvalue weighted by Gasteiger charge is 2.44. The van der Waals surface area contributed by atoms with Crippen LogP contribution in [0.5, 0.6) is 0 Å². The van der Waals surface area contributed by atoms with Crippen molar-refractivity contribution in [3.05, 3.63) is 51.7 Å². The molecule has 0 spiro atoms. The first-order chi connectivity index (χ1) is 12.3. The number of nitrogens with zero attached hydrogens (tertiary/aromatic N) is 2. The van der Waals surface area contributed by atoms with Gasteiger partial charge in [0.25, 0.3) is 0 Å². The van der Waals surface area contributed by atoms with Crippen LogP contribution in [0.1, 0.15) is 4.88 Å². The fourth-order valence-electron chi connectivity index (χ4n) is 2.42. The summed E-state index contributed by atoms with van der Waals surface area (Å²) in [5.74, 6) is -2.45. The third kappa shape index (κ3) is 3.64. The van der Waals surface area contributed by atoms with Gasteiger partial charge >= 0.3 is 17.8 Å². The number of amides is 4. The molecular formula is C16H13ClN2O5S2. The molecule has 0 unspecified atom stereocenters. The number of benzene rings is 1. The standard InChI is InChI=1S/C16H13ClN2O5S2/c17-11-3-5-13(6-4-11)26(23,24)9-7-18-14(20)15(21)19(16(18)22)10-12-2-1-8-25-12/h1-6,8H,7,9-10H2. The van der Waals surface area contributed by atoms with Crippen LogP contribution in [0, 0.1) is 0 Å². The number of hydrogen-bond donors (Lipinski definition) is 0. The van der Waals surface area contributed by atoms with Gasteiger partial charge in [-0.15, -0.1) is 11.3 Å². The van der Waals surface area contributed by atoms with E-state index in [9.17, 15) is 22.8 Å². The van der Waals surface area contributed by atoms with Crippen LogP contribution >= 0.6 is 22.9 Å². The Morgan fingerprint density at radius 3 is 2.23 bits per heavy atom. The lowest BCUT2D eigenvalue weighted by molar-refractivity contribution is -0.143. The van der Waals surface area contributed by atoms with Crippen LogP contribution in [0.25, 0.3) is 0 Å². The number of sulfone groups is 1. The molecule has 2 aromatic rings. The molecule has 26 heavy (non-hydrogen) atoms. The minimum atomic E-state index is -3.73. The Morgan fingerprint density at radius 1 is 0.962 bits per heavy atom. The lowest BCUT2D eigenvalue weighted by Gasteiger charge is -2.15. The second-order valence-corrected chi connectivity index (χ2v) is 9.06. The van der Waals surface area contributed by atoms with Crippen LogP contribution in [0.2, 0.25) is 5.02 Å². The lowest BCUT2D eigenvalue weighted by Crippen LogP contribution is -2.36. The minimum Gasteiger partial charge on any atom is -0.263 e. The van der Waals surface area contributed by atoms with Crippen molar-refractivity contribution < 1.29 is 22.8 Å². The fourth-order valence-corrected chi connectivity index (χ4v) is 4.44. The zero-order chi connectivity index (χ0) is 18.9. The Morgan fingerprint density at radius 2 is 1.62 bits per heavy atom. The number of carbonyl (C=O) groups excluding carboxylic acids is 3. The SMILES string of the molecule is O=C1C(=O)N(Cc2cccs2)C(=O)N1CCS(=O)(=O)c1ccc(Cl)cc1. The second-order valence-electron chi connectivity index (χ2n) is 5.48. The van der Waals surface area contributed by atoms with E-state index in [4.69, 9.17) is 11.6 Å². The van der Waals surface area contributed by atoms with E-state index >= 15 is 0 Å². The van der Waals surface area contributed by atoms with Gasteiger partial charge in [0.05, 0.1) is 17.2 Å². The summed E-state index contributed by atoms with van der Waals surface area (Å²) < 4.78 is 24.7. The molecule has 1 aromatic carbocycles. The Kier molecular flexibility index (Phi) is 5.12. The Balaban J connectivity index is 1.71. The Bertz CT molecular complexity index is 955. The molecule has 0 N–H and O–H groups in total. The summed E-state index contributed by atoms with van der Waals surface area (Å²) in [4.78, 5) is 38.7. The maximum absolute atomic E-state index is 12.4. The largest absolute Gasteiger partial charge is 0.334 e. The molecule has 1 saturated heterocycles. The van der Waals surface area contributed by atoms with Crippen LogP contribution in [0.4, 0.5) is 4.79 Å². The molecule has 3 rings (SSSR count). The second kappa shape index (κ2) is 7.18. The fraction of sp³-hybridized carbons (Fsp3) is 0.188. The van der Waals surface area contributed by atoms with Crippen molar-refractivity contribution in [3.8, 4) is 0 Å². The van der Waals surface area contributed by atoms with Crippen molar-refractivity contribution in [1.82, 2.24) is 9.80 Å². The Hall–Kier alpha value is -2.23. The van der Waals surface area contributed by atoms with Crippen LogP contribution in [-0.2, 0) is 26.0 Å². The van der Waals surface area contributed by atoms with Crippen LogP contribution in [0.3, 0.4) is 0 Å². The number of rotatable bonds is 6. The van der Waals surface area contributed by atoms with Gasteiger partial charge in [-0.1, -0.05) is 17.7 Å². The van der Waals surface area contributed by atoms with Crippen LogP contribution in [-0.4, -0.2) is 48.4 Å². The van der Waals surface area contributed by atoms with Crippen molar-refractivity contribution in [2.45, 2.75) is 11.4 Å². The van der Waals surface area contributed by atoms with Gasteiger partial charge in [0.2, 0.25) is 0 Å². The summed E-state index contributed by atoms with van der Waals surface area (Å²) in [5.41, 5.74) is 0. The van der Waals surface area contributed by atoms with E-state index in [1.807, 2.05) is 0 Å². The molecule has 0 atom stereocenters. The summed E-state index contributed by atoms with van der Waals surface area (Å²) in [5, 5.41) is 2.18. The predicted octanol–water partition coefficient (Wildman–Crippen LogP) is 2.17. The number of halogens is 1. The molecule has 7 nitrogen and oxygen atoms in total. The van der Waals surface area contributed by atoms with Gasteiger partial charge in [-0.3, -0.25) is 19.4 Å². The summed E-state index contributed by atoms with van der Waals surface area (Å²) >= 11 is 7.09. The number of thiophene rings is 1.